The van der Waals surface area contributed by atoms with Crippen LogP contribution in [-0.2, 0) is 9.53 Å². The predicted octanol–water partition coefficient (Wildman–Crippen LogP) is 3.56. The number of carbonyl (C=O) groups is 2. The molecule has 0 fully saturated rings. The molecular formula is C26H30N6O3S. The van der Waals surface area contributed by atoms with Crippen molar-refractivity contribution in [1.29, 1.82) is 0 Å². The second-order valence-corrected chi connectivity index (χ2v) is 9.41. The van der Waals surface area contributed by atoms with Crippen molar-refractivity contribution in [3.05, 3.63) is 71.1 Å². The zero-order valence-electron chi connectivity index (χ0n) is 20.4. The van der Waals surface area contributed by atoms with E-state index in [1.807, 2.05) is 43.5 Å². The molecule has 36 heavy (non-hydrogen) atoms. The largest absolute Gasteiger partial charge is 0.399 e. The smallest absolute Gasteiger partial charge is 0.251 e. The standard InChI is InChI=1S/C26H30N6O3S/c1-26(2,35-3)16-29-12-11-21(28)18-5-4-6-19(13-18)22-15-36-25(31-22)32-23(33)14-30-24(34)17-7-9-20(27)10-8-17/h4-13,15H,14,16,27-28H2,1-3H3,(H,30,34)(H,31,32,33)/b21-11-,29-12?. The summed E-state index contributed by atoms with van der Waals surface area (Å²) >= 11 is 1.29. The van der Waals surface area contributed by atoms with Crippen LogP contribution in [0.2, 0.25) is 0 Å². The van der Waals surface area contributed by atoms with Crippen molar-refractivity contribution in [3.63, 3.8) is 0 Å². The third-order valence-corrected chi connectivity index (χ3v) is 5.97. The van der Waals surface area contributed by atoms with E-state index in [0.717, 1.165) is 11.1 Å². The van der Waals surface area contributed by atoms with E-state index in [2.05, 4.69) is 20.6 Å². The number of ether oxygens (including phenoxy) is 1. The van der Waals surface area contributed by atoms with E-state index in [4.69, 9.17) is 16.2 Å². The van der Waals surface area contributed by atoms with Gasteiger partial charge in [0.2, 0.25) is 5.91 Å². The van der Waals surface area contributed by atoms with Gasteiger partial charge < -0.3 is 26.8 Å². The zero-order valence-corrected chi connectivity index (χ0v) is 21.3. The first-order chi connectivity index (χ1) is 17.2. The summed E-state index contributed by atoms with van der Waals surface area (Å²) in [4.78, 5) is 33.3. The van der Waals surface area contributed by atoms with Gasteiger partial charge in [0.25, 0.3) is 5.91 Å². The number of nitrogens with zero attached hydrogens (tertiary/aromatic N) is 2. The van der Waals surface area contributed by atoms with Gasteiger partial charge in [0.05, 0.1) is 24.4 Å². The van der Waals surface area contributed by atoms with Crippen LogP contribution < -0.4 is 22.1 Å². The molecule has 9 nitrogen and oxygen atoms in total. The molecule has 0 aliphatic heterocycles. The molecule has 0 aliphatic carbocycles. The SMILES string of the molecule is COC(C)(C)CN=C/C=C(\N)c1cccc(-c2csc(NC(=O)CNC(=O)c3ccc(N)cc3)n2)c1. The maximum Gasteiger partial charge on any atom is 0.251 e. The van der Waals surface area contributed by atoms with Gasteiger partial charge in [-0.1, -0.05) is 18.2 Å². The molecule has 0 saturated heterocycles. The number of anilines is 2. The number of carbonyl (C=O) groups excluding carboxylic acids is 2. The number of aliphatic imine (C=N–C) groups is 1. The molecule has 3 rings (SSSR count). The van der Waals surface area contributed by atoms with Gasteiger partial charge in [-0.05, 0) is 55.8 Å². The average molecular weight is 507 g/mol. The number of nitrogens with two attached hydrogens (primary N) is 2. The fraction of sp³-hybridized carbons (Fsp3) is 0.231. The van der Waals surface area contributed by atoms with Crippen LogP contribution in [0, 0.1) is 0 Å². The van der Waals surface area contributed by atoms with Gasteiger partial charge in [-0.2, -0.15) is 0 Å². The topological polar surface area (TPSA) is 145 Å². The summed E-state index contributed by atoms with van der Waals surface area (Å²) in [6.45, 7) is 4.26. The molecule has 0 bridgehead atoms. The second kappa shape index (κ2) is 12.1. The number of allylic oxidation sites excluding steroid dienone is 1. The Balaban J connectivity index is 1.58. The van der Waals surface area contributed by atoms with E-state index in [-0.39, 0.29) is 24.0 Å². The van der Waals surface area contributed by atoms with Crippen LogP contribution in [0.25, 0.3) is 17.0 Å². The summed E-state index contributed by atoms with van der Waals surface area (Å²) in [6.07, 6.45) is 3.42. The highest BCUT2D eigenvalue weighted by molar-refractivity contribution is 7.14. The minimum atomic E-state index is -0.378. The van der Waals surface area contributed by atoms with Crippen LogP contribution in [0.1, 0.15) is 29.8 Å². The van der Waals surface area contributed by atoms with Gasteiger partial charge in [-0.15, -0.1) is 11.3 Å². The Morgan fingerprint density at radius 1 is 1.17 bits per heavy atom. The highest BCUT2D eigenvalue weighted by Gasteiger charge is 2.14. The number of rotatable bonds is 10. The third-order valence-electron chi connectivity index (χ3n) is 5.21. The van der Waals surface area contributed by atoms with Crippen molar-refractivity contribution in [2.75, 3.05) is 31.2 Å². The number of hydrogen-bond donors (Lipinski definition) is 4. The summed E-state index contributed by atoms with van der Waals surface area (Å²) in [7, 11) is 1.65. The average Bonchev–Trinajstić information content (AvgIpc) is 3.34. The van der Waals surface area contributed by atoms with E-state index in [1.165, 1.54) is 11.3 Å². The summed E-state index contributed by atoms with van der Waals surface area (Å²) in [5.41, 5.74) is 15.4. The van der Waals surface area contributed by atoms with Crippen molar-refractivity contribution in [2.45, 2.75) is 19.4 Å². The first kappa shape index (κ1) is 26.6. The maximum atomic E-state index is 12.3. The molecule has 10 heteroatoms. The number of amides is 2. The Kier molecular flexibility index (Phi) is 8.93. The Morgan fingerprint density at radius 2 is 1.92 bits per heavy atom. The second-order valence-electron chi connectivity index (χ2n) is 8.55. The van der Waals surface area contributed by atoms with Crippen LogP contribution in [0.4, 0.5) is 10.8 Å². The van der Waals surface area contributed by atoms with Crippen molar-refractivity contribution < 1.29 is 14.3 Å². The van der Waals surface area contributed by atoms with Gasteiger partial charge in [-0.3, -0.25) is 14.6 Å². The van der Waals surface area contributed by atoms with Crippen LogP contribution in [0.15, 0.2) is 65.0 Å². The predicted molar refractivity (Wildman–Crippen MR) is 146 cm³/mol. The number of hydrogen-bond acceptors (Lipinski definition) is 8. The highest BCUT2D eigenvalue weighted by atomic mass is 32.1. The zero-order chi connectivity index (χ0) is 26.1. The van der Waals surface area contributed by atoms with E-state index >= 15 is 0 Å². The van der Waals surface area contributed by atoms with Crippen LogP contribution in [0.3, 0.4) is 0 Å². The molecule has 6 N–H and O–H groups in total. The van der Waals surface area contributed by atoms with E-state index in [0.29, 0.717) is 34.3 Å². The summed E-state index contributed by atoms with van der Waals surface area (Å²) < 4.78 is 5.35. The first-order valence-electron chi connectivity index (χ1n) is 11.2. The molecule has 1 aromatic heterocycles. The molecule has 0 radical (unpaired) electrons. The van der Waals surface area contributed by atoms with Crippen molar-refractivity contribution in [3.8, 4) is 11.3 Å². The Bertz CT molecular complexity index is 1260. The van der Waals surface area contributed by atoms with Gasteiger partial charge in [-0.25, -0.2) is 4.98 Å². The lowest BCUT2D eigenvalue weighted by Gasteiger charge is -2.19. The molecule has 188 valence electrons. The summed E-state index contributed by atoms with van der Waals surface area (Å²) in [6, 6.07) is 14.1. The number of nitrogens with one attached hydrogen (secondary N) is 2. The van der Waals surface area contributed by atoms with Crippen LogP contribution in [0.5, 0.6) is 0 Å². The summed E-state index contributed by atoms with van der Waals surface area (Å²) in [5, 5.41) is 7.56. The molecule has 0 atom stereocenters. The van der Waals surface area contributed by atoms with Crippen LogP contribution >= 0.6 is 11.3 Å². The molecule has 0 saturated carbocycles. The molecule has 1 heterocycles. The quantitative estimate of drug-likeness (QED) is 0.244. The molecular weight excluding hydrogens is 476 g/mol. The monoisotopic (exact) mass is 506 g/mol. The van der Waals surface area contributed by atoms with Gasteiger partial charge in [0, 0.05) is 41.2 Å². The van der Waals surface area contributed by atoms with Crippen LogP contribution in [-0.4, -0.2) is 48.8 Å². The Hall–Kier alpha value is -4.02. The van der Waals surface area contributed by atoms with Gasteiger partial charge in [0.1, 0.15) is 0 Å². The van der Waals surface area contributed by atoms with E-state index in [9.17, 15) is 9.59 Å². The van der Waals surface area contributed by atoms with E-state index in [1.54, 1.807) is 43.7 Å². The number of aromatic nitrogens is 1. The van der Waals surface area contributed by atoms with Crippen molar-refractivity contribution in [2.24, 2.45) is 10.7 Å². The molecule has 2 aromatic carbocycles. The van der Waals surface area contributed by atoms with E-state index < -0.39 is 0 Å². The number of thiazole rings is 1. The van der Waals surface area contributed by atoms with Crippen molar-refractivity contribution in [1.82, 2.24) is 10.3 Å². The highest BCUT2D eigenvalue weighted by Crippen LogP contribution is 2.26. The molecule has 0 unspecified atom stereocenters. The number of nitrogen functional groups attached to an aromatic ring is 1. The van der Waals surface area contributed by atoms with Gasteiger partial charge in [0.15, 0.2) is 5.13 Å². The Morgan fingerprint density at radius 3 is 2.64 bits per heavy atom. The molecule has 0 aliphatic rings. The summed E-state index contributed by atoms with van der Waals surface area (Å²) in [5.74, 6) is -0.739. The number of methoxy groups -OCH3 is 1. The molecule has 2 amide bonds. The fourth-order valence-electron chi connectivity index (χ4n) is 2.95. The van der Waals surface area contributed by atoms with Crippen molar-refractivity contribution >= 4 is 45.9 Å². The minimum Gasteiger partial charge on any atom is -0.399 e. The molecule has 0 spiro atoms. The third kappa shape index (κ3) is 7.76. The normalized spacial score (nSPS) is 12.0. The van der Waals surface area contributed by atoms with Gasteiger partial charge >= 0.3 is 0 Å². The lowest BCUT2D eigenvalue weighted by molar-refractivity contribution is -0.115. The minimum absolute atomic E-state index is 0.182. The lowest BCUT2D eigenvalue weighted by atomic mass is 10.1. The number of benzene rings is 2. The first-order valence-corrected chi connectivity index (χ1v) is 12.1. The Labute approximate surface area is 214 Å². The molecule has 3 aromatic rings. The fourth-order valence-corrected chi connectivity index (χ4v) is 3.68. The lowest BCUT2D eigenvalue weighted by Crippen LogP contribution is -2.32. The maximum absolute atomic E-state index is 12.3.